The number of aromatic nitrogens is 1. The molecule has 1 aromatic rings. The van der Waals surface area contributed by atoms with Gasteiger partial charge in [0, 0.05) is 19.6 Å². The molecule has 0 saturated heterocycles. The topological polar surface area (TPSA) is 54.4 Å². The largest absolute Gasteiger partial charge is 0.492 e. The van der Waals surface area contributed by atoms with Gasteiger partial charge in [0.2, 0.25) is 0 Å². The first kappa shape index (κ1) is 13.9. The minimum absolute atomic E-state index is 0.157. The Kier molecular flexibility index (Phi) is 6.58. The number of nitrogens with zero attached hydrogens (tertiary/aromatic N) is 1. The maximum Gasteiger partial charge on any atom is 0.137 e. The van der Waals surface area contributed by atoms with Crippen LogP contribution in [0, 0.1) is 5.92 Å². The maximum absolute atomic E-state index is 8.63. The second-order valence-corrected chi connectivity index (χ2v) is 4.44. The third-order valence-electron chi connectivity index (χ3n) is 2.23. The molecule has 0 radical (unpaired) electrons. The van der Waals surface area contributed by atoms with E-state index in [1.54, 1.807) is 6.20 Å². The second-order valence-electron chi connectivity index (χ2n) is 4.44. The highest BCUT2D eigenvalue weighted by molar-refractivity contribution is 5.19. The molecular weight excluding hydrogens is 216 g/mol. The summed E-state index contributed by atoms with van der Waals surface area (Å²) in [7, 11) is 0. The number of hydrogen-bond acceptors (Lipinski definition) is 4. The van der Waals surface area contributed by atoms with Crippen LogP contribution < -0.4 is 10.1 Å². The first-order valence-electron chi connectivity index (χ1n) is 6.11. The van der Waals surface area contributed by atoms with Gasteiger partial charge < -0.3 is 15.2 Å². The first-order chi connectivity index (χ1) is 8.22. The number of hydrogen-bond donors (Lipinski definition) is 2. The van der Waals surface area contributed by atoms with E-state index in [1.807, 2.05) is 12.1 Å². The predicted octanol–water partition coefficient (Wildman–Crippen LogP) is 1.59. The molecule has 1 rings (SSSR count). The van der Waals surface area contributed by atoms with Crippen LogP contribution in [0.1, 0.15) is 26.0 Å². The van der Waals surface area contributed by atoms with Crippen molar-refractivity contribution in [2.75, 3.05) is 19.8 Å². The number of aliphatic hydroxyl groups excluding tert-OH is 1. The smallest absolute Gasteiger partial charge is 0.137 e. The van der Waals surface area contributed by atoms with E-state index in [2.05, 4.69) is 24.1 Å². The Balaban J connectivity index is 2.29. The summed E-state index contributed by atoms with van der Waals surface area (Å²) in [6.45, 7) is 6.83. The Labute approximate surface area is 103 Å². The van der Waals surface area contributed by atoms with Gasteiger partial charge in [-0.25, -0.2) is 0 Å². The Morgan fingerprint density at radius 1 is 1.41 bits per heavy atom. The molecule has 96 valence electrons. The van der Waals surface area contributed by atoms with E-state index in [0.29, 0.717) is 18.9 Å². The van der Waals surface area contributed by atoms with Gasteiger partial charge in [-0.2, -0.15) is 0 Å². The van der Waals surface area contributed by atoms with E-state index >= 15 is 0 Å². The standard InChI is InChI=1S/C13H22N2O2/c1-11(2)8-14-9-12-4-5-13(10-15-12)17-7-3-6-16/h4-5,10-11,14,16H,3,6-9H2,1-2H3. The number of rotatable bonds is 8. The van der Waals surface area contributed by atoms with E-state index < -0.39 is 0 Å². The van der Waals surface area contributed by atoms with Gasteiger partial charge in [-0.1, -0.05) is 13.8 Å². The normalized spacial score (nSPS) is 10.8. The van der Waals surface area contributed by atoms with Crippen molar-refractivity contribution in [3.05, 3.63) is 24.0 Å². The molecule has 17 heavy (non-hydrogen) atoms. The lowest BCUT2D eigenvalue weighted by molar-refractivity contribution is 0.233. The average Bonchev–Trinajstić information content (AvgIpc) is 2.31. The number of ether oxygens (including phenoxy) is 1. The molecule has 0 aromatic carbocycles. The molecule has 0 amide bonds. The monoisotopic (exact) mass is 238 g/mol. The lowest BCUT2D eigenvalue weighted by atomic mass is 10.2. The molecule has 4 nitrogen and oxygen atoms in total. The Bertz CT molecular complexity index is 299. The van der Waals surface area contributed by atoms with Crippen molar-refractivity contribution in [1.29, 1.82) is 0 Å². The van der Waals surface area contributed by atoms with Crippen molar-refractivity contribution in [3.63, 3.8) is 0 Å². The van der Waals surface area contributed by atoms with Crippen molar-refractivity contribution >= 4 is 0 Å². The summed E-state index contributed by atoms with van der Waals surface area (Å²) in [6, 6.07) is 3.87. The van der Waals surface area contributed by atoms with Gasteiger partial charge in [0.15, 0.2) is 0 Å². The lowest BCUT2D eigenvalue weighted by Gasteiger charge is -2.08. The lowest BCUT2D eigenvalue weighted by Crippen LogP contribution is -2.19. The predicted molar refractivity (Wildman–Crippen MR) is 68.0 cm³/mol. The summed E-state index contributed by atoms with van der Waals surface area (Å²) in [4.78, 5) is 4.30. The number of aliphatic hydroxyl groups is 1. The van der Waals surface area contributed by atoms with Crippen molar-refractivity contribution in [2.24, 2.45) is 5.92 Å². The molecule has 4 heteroatoms. The van der Waals surface area contributed by atoms with Crippen LogP contribution >= 0.6 is 0 Å². The van der Waals surface area contributed by atoms with Crippen LogP contribution in [0.3, 0.4) is 0 Å². The van der Waals surface area contributed by atoms with Gasteiger partial charge in [0.05, 0.1) is 18.5 Å². The zero-order valence-corrected chi connectivity index (χ0v) is 10.6. The summed E-state index contributed by atoms with van der Waals surface area (Å²) in [5.41, 5.74) is 1.01. The van der Waals surface area contributed by atoms with Crippen LogP contribution in [0.15, 0.2) is 18.3 Å². The quantitative estimate of drug-likeness (QED) is 0.675. The highest BCUT2D eigenvalue weighted by Gasteiger charge is 1.98. The molecule has 2 N–H and O–H groups in total. The SMILES string of the molecule is CC(C)CNCc1ccc(OCCCO)cn1. The number of nitrogens with one attached hydrogen (secondary N) is 1. The molecule has 0 unspecified atom stereocenters. The third-order valence-corrected chi connectivity index (χ3v) is 2.23. The van der Waals surface area contributed by atoms with E-state index in [9.17, 15) is 0 Å². The van der Waals surface area contributed by atoms with Crippen molar-refractivity contribution in [3.8, 4) is 5.75 Å². The second kappa shape index (κ2) is 8.03. The van der Waals surface area contributed by atoms with Crippen LogP contribution in [0.25, 0.3) is 0 Å². The highest BCUT2D eigenvalue weighted by atomic mass is 16.5. The summed E-state index contributed by atoms with van der Waals surface area (Å²) in [5.74, 6) is 1.40. The van der Waals surface area contributed by atoms with Crippen LogP contribution in [0.4, 0.5) is 0 Å². The fourth-order valence-corrected chi connectivity index (χ4v) is 1.34. The summed E-state index contributed by atoms with van der Waals surface area (Å²) in [6.07, 6.45) is 2.38. The molecular formula is C13H22N2O2. The van der Waals surface area contributed by atoms with Gasteiger partial charge in [-0.15, -0.1) is 0 Å². The van der Waals surface area contributed by atoms with E-state index in [0.717, 1.165) is 24.5 Å². The Morgan fingerprint density at radius 2 is 2.24 bits per heavy atom. The van der Waals surface area contributed by atoms with E-state index in [-0.39, 0.29) is 6.61 Å². The zero-order chi connectivity index (χ0) is 12.5. The summed E-state index contributed by atoms with van der Waals surface area (Å²) >= 11 is 0. The van der Waals surface area contributed by atoms with Gasteiger partial charge in [0.25, 0.3) is 0 Å². The molecule has 0 aliphatic rings. The van der Waals surface area contributed by atoms with Crippen LogP contribution in [0.5, 0.6) is 5.75 Å². The van der Waals surface area contributed by atoms with Crippen LogP contribution in [-0.2, 0) is 6.54 Å². The van der Waals surface area contributed by atoms with Gasteiger partial charge in [-0.3, -0.25) is 4.98 Å². The molecule has 1 heterocycles. The van der Waals surface area contributed by atoms with Gasteiger partial charge >= 0.3 is 0 Å². The van der Waals surface area contributed by atoms with Crippen molar-refractivity contribution < 1.29 is 9.84 Å². The fraction of sp³-hybridized carbons (Fsp3) is 0.615. The average molecular weight is 238 g/mol. The molecule has 0 aliphatic heterocycles. The van der Waals surface area contributed by atoms with Crippen LogP contribution in [-0.4, -0.2) is 29.8 Å². The minimum Gasteiger partial charge on any atom is -0.492 e. The minimum atomic E-state index is 0.157. The molecule has 0 spiro atoms. The Hall–Kier alpha value is -1.13. The van der Waals surface area contributed by atoms with E-state index in [1.165, 1.54) is 0 Å². The van der Waals surface area contributed by atoms with Crippen molar-refractivity contribution in [2.45, 2.75) is 26.8 Å². The first-order valence-corrected chi connectivity index (χ1v) is 6.11. The molecule has 0 atom stereocenters. The highest BCUT2D eigenvalue weighted by Crippen LogP contribution is 2.09. The molecule has 0 saturated carbocycles. The van der Waals surface area contributed by atoms with E-state index in [4.69, 9.17) is 9.84 Å². The fourth-order valence-electron chi connectivity index (χ4n) is 1.34. The molecule has 1 aromatic heterocycles. The molecule has 0 fully saturated rings. The maximum atomic E-state index is 8.63. The molecule has 0 aliphatic carbocycles. The van der Waals surface area contributed by atoms with Gasteiger partial charge in [0.1, 0.15) is 5.75 Å². The summed E-state index contributed by atoms with van der Waals surface area (Å²) in [5, 5.41) is 12.0. The number of pyridine rings is 1. The third kappa shape index (κ3) is 6.24. The van der Waals surface area contributed by atoms with Crippen LogP contribution in [0.2, 0.25) is 0 Å². The zero-order valence-electron chi connectivity index (χ0n) is 10.6. The summed E-state index contributed by atoms with van der Waals surface area (Å²) < 4.78 is 5.40. The Morgan fingerprint density at radius 3 is 2.82 bits per heavy atom. The van der Waals surface area contributed by atoms with Gasteiger partial charge in [-0.05, 0) is 24.6 Å². The van der Waals surface area contributed by atoms with Crippen molar-refractivity contribution in [1.82, 2.24) is 10.3 Å². The molecule has 0 bridgehead atoms.